The van der Waals surface area contributed by atoms with E-state index in [4.69, 9.17) is 0 Å². The number of hydrogen-bond donors (Lipinski definition) is 1. The van der Waals surface area contributed by atoms with Crippen LogP contribution in [0.4, 0.5) is 5.69 Å². The number of fused-ring (bicyclic) bond motifs is 2. The number of aliphatic carboxylic acids is 1. The van der Waals surface area contributed by atoms with Gasteiger partial charge in [-0.15, -0.1) is 0 Å². The number of nitrogens with zero attached hydrogens (tertiary/aromatic N) is 1. The summed E-state index contributed by atoms with van der Waals surface area (Å²) in [4.78, 5) is 13.1. The number of allylic oxidation sites excluding steroid dienone is 4. The first-order chi connectivity index (χ1) is 9.54. The topological polar surface area (TPSA) is 40.5 Å². The predicted octanol–water partition coefficient (Wildman–Crippen LogP) is 3.52. The van der Waals surface area contributed by atoms with Crippen LogP contribution in [0, 0.1) is 6.92 Å². The lowest BCUT2D eigenvalue weighted by molar-refractivity contribution is -0.135. The van der Waals surface area contributed by atoms with Gasteiger partial charge in [0.25, 0.3) is 0 Å². The molecule has 0 aromatic heterocycles. The summed E-state index contributed by atoms with van der Waals surface area (Å²) in [5, 5.41) is 9.21. The Hall–Kier alpha value is -2.29. The van der Waals surface area contributed by atoms with Crippen molar-refractivity contribution in [3.63, 3.8) is 0 Å². The molecule has 0 atom stereocenters. The van der Waals surface area contributed by atoms with Gasteiger partial charge in [0, 0.05) is 11.4 Å². The number of anilines is 1. The van der Waals surface area contributed by atoms with Crippen LogP contribution in [-0.2, 0) is 4.79 Å². The second-order valence-corrected chi connectivity index (χ2v) is 5.39. The van der Waals surface area contributed by atoms with E-state index in [0.29, 0.717) is 0 Å². The SMILES string of the molecule is CC1=CCC2=Cc3ccc(C)cc3N(CC(=O)O)C2=C1. The third-order valence-corrected chi connectivity index (χ3v) is 3.73. The molecule has 3 heteroatoms. The minimum atomic E-state index is -0.813. The number of rotatable bonds is 2. The van der Waals surface area contributed by atoms with E-state index < -0.39 is 5.97 Å². The van der Waals surface area contributed by atoms with E-state index in [0.717, 1.165) is 28.9 Å². The first-order valence-corrected chi connectivity index (χ1v) is 6.74. The lowest BCUT2D eigenvalue weighted by Gasteiger charge is -2.34. The smallest absolute Gasteiger partial charge is 0.323 e. The first-order valence-electron chi connectivity index (χ1n) is 6.74. The fourth-order valence-electron chi connectivity index (χ4n) is 2.76. The fraction of sp³-hybridized carbons (Fsp3) is 0.235. The largest absolute Gasteiger partial charge is 0.480 e. The molecular formula is C17H17NO2. The number of hydrogen-bond acceptors (Lipinski definition) is 2. The molecule has 20 heavy (non-hydrogen) atoms. The van der Waals surface area contributed by atoms with Crippen LogP contribution in [0.2, 0.25) is 0 Å². The highest BCUT2D eigenvalue weighted by atomic mass is 16.4. The fourth-order valence-corrected chi connectivity index (χ4v) is 2.76. The average Bonchev–Trinajstić information content (AvgIpc) is 2.39. The van der Waals surface area contributed by atoms with Gasteiger partial charge in [-0.05, 0) is 55.2 Å². The predicted molar refractivity (Wildman–Crippen MR) is 80.6 cm³/mol. The van der Waals surface area contributed by atoms with E-state index in [1.54, 1.807) is 0 Å². The van der Waals surface area contributed by atoms with Crippen molar-refractivity contribution < 1.29 is 9.90 Å². The zero-order valence-corrected chi connectivity index (χ0v) is 11.7. The summed E-state index contributed by atoms with van der Waals surface area (Å²) in [7, 11) is 0. The Labute approximate surface area is 118 Å². The maximum absolute atomic E-state index is 11.2. The average molecular weight is 267 g/mol. The molecule has 1 N–H and O–H groups in total. The van der Waals surface area contributed by atoms with Gasteiger partial charge in [-0.1, -0.05) is 23.8 Å². The second-order valence-electron chi connectivity index (χ2n) is 5.39. The Balaban J connectivity index is 2.16. The maximum atomic E-state index is 11.2. The van der Waals surface area contributed by atoms with Crippen LogP contribution in [0.1, 0.15) is 24.5 Å². The number of carboxylic acid groups (broad SMARTS) is 1. The molecule has 0 bridgehead atoms. The van der Waals surface area contributed by atoms with Gasteiger partial charge in [-0.2, -0.15) is 0 Å². The normalized spacial score (nSPS) is 16.7. The van der Waals surface area contributed by atoms with Gasteiger partial charge < -0.3 is 10.0 Å². The minimum Gasteiger partial charge on any atom is -0.480 e. The standard InChI is InChI=1S/C17H17NO2/c1-11-3-5-13-9-14-6-4-12(2)8-16(14)18(10-17(19)20)15(13)7-11/h3-5,7-9H,6,10H2,1-2H3,(H,19,20). The van der Waals surface area contributed by atoms with E-state index in [-0.39, 0.29) is 6.54 Å². The molecule has 0 saturated heterocycles. The first kappa shape index (κ1) is 12.7. The van der Waals surface area contributed by atoms with Gasteiger partial charge in [0.05, 0.1) is 0 Å². The third-order valence-electron chi connectivity index (χ3n) is 3.73. The molecule has 0 amide bonds. The van der Waals surface area contributed by atoms with Crippen molar-refractivity contribution >= 4 is 17.7 Å². The Bertz CT molecular complexity index is 680. The van der Waals surface area contributed by atoms with Crippen LogP contribution in [-0.4, -0.2) is 17.6 Å². The molecule has 3 nitrogen and oxygen atoms in total. The number of carboxylic acids is 1. The summed E-state index contributed by atoms with van der Waals surface area (Å²) in [6, 6.07) is 6.18. The molecule has 1 aromatic carbocycles. The maximum Gasteiger partial charge on any atom is 0.323 e. The summed E-state index contributed by atoms with van der Waals surface area (Å²) >= 11 is 0. The van der Waals surface area contributed by atoms with E-state index in [9.17, 15) is 9.90 Å². The number of aryl methyl sites for hydroxylation is 1. The van der Waals surface area contributed by atoms with Crippen molar-refractivity contribution in [3.8, 4) is 0 Å². The van der Waals surface area contributed by atoms with Gasteiger partial charge in [0.2, 0.25) is 0 Å². The molecule has 1 aliphatic heterocycles. The Kier molecular flexibility index (Phi) is 2.97. The van der Waals surface area contributed by atoms with Gasteiger partial charge in [-0.25, -0.2) is 0 Å². The van der Waals surface area contributed by atoms with Gasteiger partial charge in [-0.3, -0.25) is 4.79 Å². The quantitative estimate of drug-likeness (QED) is 0.891. The molecule has 2 aliphatic rings. The molecule has 1 aromatic rings. The highest BCUT2D eigenvalue weighted by Crippen LogP contribution is 2.39. The molecule has 0 radical (unpaired) electrons. The van der Waals surface area contributed by atoms with Crippen molar-refractivity contribution in [2.24, 2.45) is 0 Å². The monoisotopic (exact) mass is 267 g/mol. The zero-order chi connectivity index (χ0) is 14.3. The van der Waals surface area contributed by atoms with Crippen LogP contribution in [0.5, 0.6) is 0 Å². The van der Waals surface area contributed by atoms with Gasteiger partial charge in [0.15, 0.2) is 0 Å². The van der Waals surface area contributed by atoms with Crippen molar-refractivity contribution in [1.29, 1.82) is 0 Å². The highest BCUT2D eigenvalue weighted by Gasteiger charge is 2.26. The molecule has 0 unspecified atom stereocenters. The van der Waals surface area contributed by atoms with Gasteiger partial charge >= 0.3 is 5.97 Å². The van der Waals surface area contributed by atoms with E-state index in [1.165, 1.54) is 11.1 Å². The van der Waals surface area contributed by atoms with E-state index >= 15 is 0 Å². The second kappa shape index (κ2) is 4.67. The Morgan fingerprint density at radius 3 is 2.85 bits per heavy atom. The lowest BCUT2D eigenvalue weighted by Crippen LogP contribution is -2.32. The van der Waals surface area contributed by atoms with E-state index in [1.807, 2.05) is 11.8 Å². The van der Waals surface area contributed by atoms with Crippen LogP contribution in [0.15, 0.2) is 47.2 Å². The highest BCUT2D eigenvalue weighted by molar-refractivity contribution is 5.85. The van der Waals surface area contributed by atoms with E-state index in [2.05, 4.69) is 43.4 Å². The number of benzene rings is 1. The summed E-state index contributed by atoms with van der Waals surface area (Å²) < 4.78 is 0. The van der Waals surface area contributed by atoms with Crippen LogP contribution < -0.4 is 4.90 Å². The minimum absolute atomic E-state index is 0.00704. The Morgan fingerprint density at radius 1 is 1.30 bits per heavy atom. The van der Waals surface area contributed by atoms with Crippen molar-refractivity contribution in [2.75, 3.05) is 11.4 Å². The van der Waals surface area contributed by atoms with Crippen molar-refractivity contribution in [2.45, 2.75) is 20.3 Å². The molecule has 0 saturated carbocycles. The molecular weight excluding hydrogens is 250 g/mol. The summed E-state index contributed by atoms with van der Waals surface area (Å²) in [5.41, 5.74) is 6.61. The summed E-state index contributed by atoms with van der Waals surface area (Å²) in [6.45, 7) is 4.07. The molecule has 3 rings (SSSR count). The molecule has 1 heterocycles. The Morgan fingerprint density at radius 2 is 2.10 bits per heavy atom. The van der Waals surface area contributed by atoms with Gasteiger partial charge in [0.1, 0.15) is 6.54 Å². The molecule has 1 aliphatic carbocycles. The molecule has 0 spiro atoms. The van der Waals surface area contributed by atoms with Crippen LogP contribution >= 0.6 is 0 Å². The third kappa shape index (κ3) is 2.16. The molecule has 102 valence electrons. The zero-order valence-electron chi connectivity index (χ0n) is 11.7. The van der Waals surface area contributed by atoms with Crippen molar-refractivity contribution in [3.05, 3.63) is 58.3 Å². The molecule has 0 fully saturated rings. The summed E-state index contributed by atoms with van der Waals surface area (Å²) in [6.07, 6.45) is 7.28. The lowest BCUT2D eigenvalue weighted by atomic mass is 9.91. The number of carbonyl (C=O) groups is 1. The van der Waals surface area contributed by atoms with Crippen LogP contribution in [0.3, 0.4) is 0 Å². The van der Waals surface area contributed by atoms with Crippen molar-refractivity contribution in [1.82, 2.24) is 0 Å². The van der Waals surface area contributed by atoms with Crippen LogP contribution in [0.25, 0.3) is 6.08 Å². The summed E-state index contributed by atoms with van der Waals surface area (Å²) in [5.74, 6) is -0.813.